The highest BCUT2D eigenvalue weighted by Crippen LogP contribution is 1.77. The van der Waals surface area contributed by atoms with Crippen molar-refractivity contribution in [2.24, 2.45) is 0 Å². The van der Waals surface area contributed by atoms with Crippen molar-refractivity contribution in [1.82, 2.24) is 15.0 Å². The van der Waals surface area contributed by atoms with E-state index in [2.05, 4.69) is 15.0 Å². The average molecular weight is 208 g/mol. The van der Waals surface area contributed by atoms with Crippen molar-refractivity contribution in [2.75, 3.05) is 5.73 Å². The van der Waals surface area contributed by atoms with Gasteiger partial charge in [-0.2, -0.15) is 4.21 Å². The second kappa shape index (κ2) is 10.6. The number of hydrogen-bond acceptors (Lipinski definition) is 6. The fourth-order valence-corrected chi connectivity index (χ4v) is 0.248. The van der Waals surface area contributed by atoms with E-state index in [0.717, 1.165) is 0 Å². The summed E-state index contributed by atoms with van der Waals surface area (Å²) in [7, 11) is 0. The molecule has 0 unspecified atom stereocenters. The van der Waals surface area contributed by atoms with Crippen molar-refractivity contribution >= 4 is 24.1 Å². The first-order valence-electron chi connectivity index (χ1n) is 2.59. The van der Waals surface area contributed by atoms with Gasteiger partial charge in [0.2, 0.25) is 5.95 Å². The summed E-state index contributed by atoms with van der Waals surface area (Å²) in [4.78, 5) is 18.6. The van der Waals surface area contributed by atoms with Gasteiger partial charge in [0, 0.05) is 0 Å². The van der Waals surface area contributed by atoms with Crippen molar-refractivity contribution < 1.29 is 18.1 Å². The van der Waals surface area contributed by atoms with Gasteiger partial charge in [0.15, 0.2) is 0 Å². The summed E-state index contributed by atoms with van der Waals surface area (Å²) in [5.41, 5.74) is 5.10. The van der Waals surface area contributed by atoms with Crippen LogP contribution in [0, 0.1) is 0 Å². The molecule has 0 amide bonds. The molecular formula is C4H8N4O4S. The number of rotatable bonds is 0. The molecule has 0 aromatic carbocycles. The first-order chi connectivity index (χ1) is 6.13. The maximum Gasteiger partial charge on any atom is 0.299 e. The lowest BCUT2D eigenvalue weighted by Crippen LogP contribution is -1.92. The molecule has 0 aliphatic heterocycles. The molecule has 0 fully saturated rings. The molecule has 1 aromatic heterocycles. The van der Waals surface area contributed by atoms with E-state index in [0.29, 0.717) is 0 Å². The summed E-state index contributed by atoms with van der Waals surface area (Å²) in [5, 5.41) is 0. The second-order valence-electron chi connectivity index (χ2n) is 1.23. The smallest absolute Gasteiger partial charge is 0.299 e. The summed E-state index contributed by atoms with van der Waals surface area (Å²) in [5.74, 6) is 0.259. The normalized spacial score (nSPS) is 7.62. The molecule has 13 heavy (non-hydrogen) atoms. The molecule has 0 radical (unpaired) electrons. The highest BCUT2D eigenvalue weighted by atomic mass is 32.2. The number of hydrogen-bond donors (Lipinski definition) is 3. The number of nitrogens with zero attached hydrogens (tertiary/aromatic N) is 3. The van der Waals surface area contributed by atoms with Gasteiger partial charge in [-0.05, 0) is 0 Å². The topological polar surface area (TPSA) is 139 Å². The van der Waals surface area contributed by atoms with Crippen LogP contribution in [-0.4, -0.2) is 35.1 Å². The Balaban J connectivity index is 0. The molecule has 0 saturated heterocycles. The van der Waals surface area contributed by atoms with Crippen molar-refractivity contribution in [3.63, 3.8) is 0 Å². The first kappa shape index (κ1) is 14.1. The Morgan fingerprint density at radius 1 is 1.31 bits per heavy atom. The van der Waals surface area contributed by atoms with E-state index in [1.807, 2.05) is 6.79 Å². The lowest BCUT2D eigenvalue weighted by Gasteiger charge is -1.81. The van der Waals surface area contributed by atoms with Crippen LogP contribution in [0.2, 0.25) is 0 Å². The van der Waals surface area contributed by atoms with Gasteiger partial charge in [0.25, 0.3) is 11.4 Å². The molecule has 8 nitrogen and oxygen atoms in total. The van der Waals surface area contributed by atoms with Gasteiger partial charge in [-0.1, -0.05) is 0 Å². The van der Waals surface area contributed by atoms with E-state index in [1.54, 1.807) is 0 Å². The van der Waals surface area contributed by atoms with Crippen molar-refractivity contribution in [1.29, 1.82) is 0 Å². The summed E-state index contributed by atoms with van der Waals surface area (Å²) >= 11 is -2.61. The van der Waals surface area contributed by atoms with Crippen LogP contribution in [-0.2, 0) is 16.2 Å². The Kier molecular flexibility index (Phi) is 11.4. The summed E-state index contributed by atoms with van der Waals surface area (Å²) in [6.07, 6.45) is 2.70. The third-order valence-corrected chi connectivity index (χ3v) is 0.513. The van der Waals surface area contributed by atoms with Gasteiger partial charge in [-0.3, -0.25) is 9.11 Å². The Hall–Kier alpha value is -1.45. The summed E-state index contributed by atoms with van der Waals surface area (Å²) < 4.78 is 22.8. The first-order valence-corrected chi connectivity index (χ1v) is 3.65. The number of aromatic nitrogens is 3. The quantitative estimate of drug-likeness (QED) is 0.459. The molecule has 74 valence electrons. The highest BCUT2D eigenvalue weighted by Gasteiger charge is 1.76. The average Bonchev–Trinajstić information content (AvgIpc) is 2.08. The lowest BCUT2D eigenvalue weighted by molar-refractivity contribution is -0.0979. The zero-order valence-electron chi connectivity index (χ0n) is 6.40. The van der Waals surface area contributed by atoms with E-state index in [1.165, 1.54) is 12.7 Å². The minimum atomic E-state index is -2.61. The third kappa shape index (κ3) is 18.0. The van der Waals surface area contributed by atoms with E-state index in [9.17, 15) is 0 Å². The van der Waals surface area contributed by atoms with E-state index in [-0.39, 0.29) is 5.95 Å². The largest absolute Gasteiger partial charge is 0.368 e. The Morgan fingerprint density at radius 3 is 1.77 bits per heavy atom. The fourth-order valence-electron chi connectivity index (χ4n) is 0.248. The Bertz CT molecular complexity index is 229. The molecule has 0 bridgehead atoms. The zero-order chi connectivity index (χ0) is 10.7. The van der Waals surface area contributed by atoms with Crippen LogP contribution >= 0.6 is 0 Å². The molecule has 1 aromatic rings. The number of carbonyl (C=O) groups excluding carboxylic acids is 1. The maximum absolute atomic E-state index is 8.67. The maximum atomic E-state index is 8.67. The van der Waals surface area contributed by atoms with Crippen molar-refractivity contribution in [2.45, 2.75) is 0 Å². The number of nitrogens with two attached hydrogens (primary N) is 1. The van der Waals surface area contributed by atoms with Crippen LogP contribution in [0.4, 0.5) is 5.95 Å². The Labute approximate surface area is 76.3 Å². The summed E-state index contributed by atoms with van der Waals surface area (Å²) in [6, 6.07) is 0. The Morgan fingerprint density at radius 2 is 1.62 bits per heavy atom. The lowest BCUT2D eigenvalue weighted by atomic mass is 11.0. The van der Waals surface area contributed by atoms with Gasteiger partial charge in [-0.15, -0.1) is 0 Å². The fraction of sp³-hybridized carbons (Fsp3) is 0. The summed E-state index contributed by atoms with van der Waals surface area (Å²) in [6.45, 7) is 2.00. The minimum absolute atomic E-state index is 0.259. The molecule has 0 aliphatic rings. The monoisotopic (exact) mass is 208 g/mol. The number of nitrogen functional groups attached to an aromatic ring is 1. The molecule has 0 atom stereocenters. The second-order valence-corrected chi connectivity index (χ2v) is 1.69. The van der Waals surface area contributed by atoms with Crippen LogP contribution in [0.15, 0.2) is 12.7 Å². The molecule has 0 aliphatic carbocycles. The molecule has 0 saturated carbocycles. The standard InChI is InChI=1S/C3H4N4.CH2O.H2O3S/c4-3-6-1-5-2-7-3;1-2;1-4(2)3/h1-2H,(H2,4,5,6,7);1H2;(H2,1,2,3). The van der Waals surface area contributed by atoms with Gasteiger partial charge in [-0.25, -0.2) is 15.0 Å². The number of anilines is 1. The van der Waals surface area contributed by atoms with Gasteiger partial charge in [0.1, 0.15) is 19.4 Å². The van der Waals surface area contributed by atoms with Crippen molar-refractivity contribution in [3.8, 4) is 0 Å². The van der Waals surface area contributed by atoms with Crippen LogP contribution in [0.5, 0.6) is 0 Å². The van der Waals surface area contributed by atoms with E-state index >= 15 is 0 Å². The molecule has 4 N–H and O–H groups in total. The highest BCUT2D eigenvalue weighted by molar-refractivity contribution is 7.73. The molecule has 1 heterocycles. The molecule has 0 spiro atoms. The molecule has 1 rings (SSSR count). The van der Waals surface area contributed by atoms with Crippen LogP contribution in [0.1, 0.15) is 0 Å². The predicted molar refractivity (Wildman–Crippen MR) is 44.8 cm³/mol. The van der Waals surface area contributed by atoms with E-state index < -0.39 is 11.4 Å². The minimum Gasteiger partial charge on any atom is -0.368 e. The third-order valence-electron chi connectivity index (χ3n) is 0.513. The van der Waals surface area contributed by atoms with Crippen LogP contribution in [0.3, 0.4) is 0 Å². The van der Waals surface area contributed by atoms with Gasteiger partial charge in [0.05, 0.1) is 0 Å². The number of carbonyl (C=O) groups is 1. The van der Waals surface area contributed by atoms with E-state index in [4.69, 9.17) is 23.8 Å². The predicted octanol–water partition coefficient (Wildman–Crippen LogP) is -1.05. The van der Waals surface area contributed by atoms with Crippen LogP contribution in [0.25, 0.3) is 0 Å². The SMILES string of the molecule is C=O.Nc1ncncn1.O=S(O)O. The van der Waals surface area contributed by atoms with Crippen molar-refractivity contribution in [3.05, 3.63) is 12.7 Å². The van der Waals surface area contributed by atoms with Gasteiger partial charge >= 0.3 is 0 Å². The molecular weight excluding hydrogens is 200 g/mol. The zero-order valence-corrected chi connectivity index (χ0v) is 7.22. The van der Waals surface area contributed by atoms with Gasteiger partial charge < -0.3 is 10.5 Å². The van der Waals surface area contributed by atoms with Crippen LogP contribution < -0.4 is 5.73 Å². The molecule has 9 heteroatoms.